The van der Waals surface area contributed by atoms with Crippen LogP contribution in [0.2, 0.25) is 0 Å². The number of halogens is 1. The molecular formula is C18H23ClN2O2S. The highest BCUT2D eigenvalue weighted by Crippen LogP contribution is 2.21. The molecule has 3 rings (SSSR count). The lowest BCUT2D eigenvalue weighted by molar-refractivity contribution is 0.519. The van der Waals surface area contributed by atoms with Crippen molar-refractivity contribution in [3.05, 3.63) is 54.6 Å². The molecule has 1 saturated heterocycles. The van der Waals surface area contributed by atoms with Crippen molar-refractivity contribution in [2.75, 3.05) is 19.6 Å². The van der Waals surface area contributed by atoms with Crippen LogP contribution in [-0.4, -0.2) is 28.1 Å². The number of hydrogen-bond acceptors (Lipinski definition) is 3. The Kier molecular flexibility index (Phi) is 6.80. The van der Waals surface area contributed by atoms with Gasteiger partial charge in [-0.05, 0) is 55.1 Å². The largest absolute Gasteiger partial charge is 0.316 e. The molecule has 0 saturated carbocycles. The Hall–Kier alpha value is -1.40. The summed E-state index contributed by atoms with van der Waals surface area (Å²) >= 11 is 0. The smallest absolute Gasteiger partial charge is 0.240 e. The zero-order chi connectivity index (χ0) is 16.1. The first-order valence-electron chi connectivity index (χ1n) is 8.01. The normalized spacial score (nSPS) is 17.4. The van der Waals surface area contributed by atoms with E-state index in [0.717, 1.165) is 37.1 Å². The van der Waals surface area contributed by atoms with Crippen LogP contribution in [-0.2, 0) is 10.0 Å². The number of nitrogens with one attached hydrogen (secondary N) is 2. The lowest BCUT2D eigenvalue weighted by Gasteiger charge is -2.10. The fraction of sp³-hybridized carbons (Fsp3) is 0.333. The van der Waals surface area contributed by atoms with Crippen molar-refractivity contribution in [3.8, 4) is 11.1 Å². The highest BCUT2D eigenvalue weighted by molar-refractivity contribution is 7.89. The maximum atomic E-state index is 12.3. The van der Waals surface area contributed by atoms with Gasteiger partial charge in [0.2, 0.25) is 10.0 Å². The average Bonchev–Trinajstić information content (AvgIpc) is 3.09. The van der Waals surface area contributed by atoms with Crippen LogP contribution in [0.15, 0.2) is 59.5 Å². The second-order valence-electron chi connectivity index (χ2n) is 5.94. The molecule has 0 aromatic heterocycles. The van der Waals surface area contributed by atoms with Crippen LogP contribution < -0.4 is 10.0 Å². The summed E-state index contributed by atoms with van der Waals surface area (Å²) in [5, 5.41) is 3.30. The topological polar surface area (TPSA) is 58.2 Å². The average molecular weight is 367 g/mol. The van der Waals surface area contributed by atoms with Crippen LogP contribution in [0.1, 0.15) is 12.8 Å². The second-order valence-corrected chi connectivity index (χ2v) is 7.70. The first-order chi connectivity index (χ1) is 11.1. The van der Waals surface area contributed by atoms with Crippen LogP contribution in [0.4, 0.5) is 0 Å². The van der Waals surface area contributed by atoms with Crippen LogP contribution in [0, 0.1) is 5.92 Å². The van der Waals surface area contributed by atoms with Crippen molar-refractivity contribution < 1.29 is 8.42 Å². The molecule has 1 heterocycles. The fourth-order valence-corrected chi connectivity index (χ4v) is 3.95. The zero-order valence-corrected chi connectivity index (χ0v) is 15.1. The molecule has 2 aromatic carbocycles. The summed E-state index contributed by atoms with van der Waals surface area (Å²) in [5.74, 6) is 0.582. The third-order valence-corrected chi connectivity index (χ3v) is 5.76. The molecule has 1 atom stereocenters. The Labute approximate surface area is 150 Å². The first-order valence-corrected chi connectivity index (χ1v) is 9.49. The monoisotopic (exact) mass is 366 g/mol. The summed E-state index contributed by atoms with van der Waals surface area (Å²) in [5.41, 5.74) is 2.10. The summed E-state index contributed by atoms with van der Waals surface area (Å²) in [6.45, 7) is 2.53. The van der Waals surface area contributed by atoms with Gasteiger partial charge >= 0.3 is 0 Å². The molecule has 1 unspecified atom stereocenters. The van der Waals surface area contributed by atoms with E-state index in [-0.39, 0.29) is 12.4 Å². The molecule has 0 spiro atoms. The molecule has 1 fully saturated rings. The van der Waals surface area contributed by atoms with Gasteiger partial charge in [-0.3, -0.25) is 0 Å². The second kappa shape index (κ2) is 8.62. The number of rotatable bonds is 6. The summed E-state index contributed by atoms with van der Waals surface area (Å²) in [4.78, 5) is 0.321. The van der Waals surface area contributed by atoms with Gasteiger partial charge in [-0.25, -0.2) is 13.1 Å². The van der Waals surface area contributed by atoms with Gasteiger partial charge in [-0.2, -0.15) is 0 Å². The highest BCUT2D eigenvalue weighted by Gasteiger charge is 2.17. The minimum atomic E-state index is -3.42. The third-order valence-electron chi connectivity index (χ3n) is 4.28. The molecule has 1 aliphatic rings. The van der Waals surface area contributed by atoms with Crippen LogP contribution >= 0.6 is 12.4 Å². The Morgan fingerprint density at radius 1 is 1.00 bits per heavy atom. The SMILES string of the molecule is Cl.O=S(=O)(NCCC1CCNC1)c1ccc(-c2ccccc2)cc1. The van der Waals surface area contributed by atoms with Crippen molar-refractivity contribution >= 4 is 22.4 Å². The standard InChI is InChI=1S/C18H22N2O2S.ClH/c21-23(22,20-13-11-15-10-12-19-14-15)18-8-6-17(7-9-18)16-4-2-1-3-5-16;/h1-9,15,19-20H,10-14H2;1H. The minimum absolute atomic E-state index is 0. The van der Waals surface area contributed by atoms with Crippen molar-refractivity contribution in [3.63, 3.8) is 0 Å². The van der Waals surface area contributed by atoms with Gasteiger partial charge in [0.25, 0.3) is 0 Å². The summed E-state index contributed by atoms with van der Waals surface area (Å²) in [6.07, 6.45) is 2.02. The maximum Gasteiger partial charge on any atom is 0.240 e. The number of benzene rings is 2. The summed E-state index contributed by atoms with van der Waals surface area (Å²) in [7, 11) is -3.42. The molecule has 2 aromatic rings. The lowest BCUT2D eigenvalue weighted by Crippen LogP contribution is -2.26. The molecule has 4 nitrogen and oxygen atoms in total. The Bertz CT molecular complexity index is 727. The minimum Gasteiger partial charge on any atom is -0.316 e. The molecular weight excluding hydrogens is 344 g/mol. The predicted molar refractivity (Wildman–Crippen MR) is 99.9 cm³/mol. The molecule has 130 valence electrons. The molecule has 6 heteroatoms. The van der Waals surface area contributed by atoms with E-state index in [9.17, 15) is 8.42 Å². The number of hydrogen-bond donors (Lipinski definition) is 2. The molecule has 2 N–H and O–H groups in total. The predicted octanol–water partition coefficient (Wildman–Crippen LogP) is 3.05. The van der Waals surface area contributed by atoms with E-state index in [1.807, 2.05) is 42.5 Å². The summed E-state index contributed by atoms with van der Waals surface area (Å²) in [6, 6.07) is 17.0. The number of sulfonamides is 1. The van der Waals surface area contributed by atoms with Crippen LogP contribution in [0.5, 0.6) is 0 Å². The van der Waals surface area contributed by atoms with Gasteiger partial charge in [0.15, 0.2) is 0 Å². The zero-order valence-electron chi connectivity index (χ0n) is 13.4. The lowest BCUT2D eigenvalue weighted by atomic mass is 10.1. The van der Waals surface area contributed by atoms with Gasteiger partial charge < -0.3 is 5.32 Å². The van der Waals surface area contributed by atoms with Gasteiger partial charge in [0, 0.05) is 6.54 Å². The van der Waals surface area contributed by atoms with Crippen molar-refractivity contribution in [1.82, 2.24) is 10.0 Å². The molecule has 24 heavy (non-hydrogen) atoms. The van der Waals surface area contributed by atoms with E-state index in [4.69, 9.17) is 0 Å². The Balaban J connectivity index is 0.00000208. The Morgan fingerprint density at radius 2 is 1.67 bits per heavy atom. The van der Waals surface area contributed by atoms with Crippen LogP contribution in [0.3, 0.4) is 0 Å². The van der Waals surface area contributed by atoms with E-state index in [1.54, 1.807) is 12.1 Å². The van der Waals surface area contributed by atoms with Crippen LogP contribution in [0.25, 0.3) is 11.1 Å². The molecule has 0 bridgehead atoms. The maximum absolute atomic E-state index is 12.3. The Morgan fingerprint density at radius 3 is 2.29 bits per heavy atom. The summed E-state index contributed by atoms with van der Waals surface area (Å²) < 4.78 is 27.4. The van der Waals surface area contributed by atoms with Crippen molar-refractivity contribution in [1.29, 1.82) is 0 Å². The van der Waals surface area contributed by atoms with E-state index in [1.165, 1.54) is 0 Å². The third kappa shape index (κ3) is 4.80. The molecule has 1 aliphatic heterocycles. The van der Waals surface area contributed by atoms with Gasteiger partial charge in [-0.1, -0.05) is 42.5 Å². The highest BCUT2D eigenvalue weighted by atomic mass is 35.5. The quantitative estimate of drug-likeness (QED) is 0.826. The van der Waals surface area contributed by atoms with Crippen molar-refractivity contribution in [2.24, 2.45) is 5.92 Å². The molecule has 0 aliphatic carbocycles. The van der Waals surface area contributed by atoms with E-state index < -0.39 is 10.0 Å². The van der Waals surface area contributed by atoms with E-state index >= 15 is 0 Å². The van der Waals surface area contributed by atoms with Crippen molar-refractivity contribution in [2.45, 2.75) is 17.7 Å². The van der Waals surface area contributed by atoms with Gasteiger partial charge in [0.1, 0.15) is 0 Å². The first kappa shape index (κ1) is 18.9. The van der Waals surface area contributed by atoms with E-state index in [2.05, 4.69) is 10.0 Å². The molecule has 0 radical (unpaired) electrons. The fourth-order valence-electron chi connectivity index (χ4n) is 2.90. The van der Waals surface area contributed by atoms with Gasteiger partial charge in [-0.15, -0.1) is 12.4 Å². The van der Waals surface area contributed by atoms with E-state index in [0.29, 0.717) is 17.4 Å². The molecule has 0 amide bonds. The van der Waals surface area contributed by atoms with Gasteiger partial charge in [0.05, 0.1) is 4.90 Å².